The van der Waals surface area contributed by atoms with Gasteiger partial charge in [-0.1, -0.05) is 54.6 Å². The highest BCUT2D eigenvalue weighted by molar-refractivity contribution is 5.86. The number of aromatic amines is 1. The Morgan fingerprint density at radius 1 is 0.963 bits per heavy atom. The van der Waals surface area contributed by atoms with Gasteiger partial charge in [0, 0.05) is 0 Å². The number of H-pyrrole nitrogens is 1. The maximum Gasteiger partial charge on any atom is 0.232 e. The van der Waals surface area contributed by atoms with Gasteiger partial charge in [0.05, 0.1) is 11.0 Å². The summed E-state index contributed by atoms with van der Waals surface area (Å²) in [6.07, 6.45) is 0. The molecule has 4 aromatic rings. The maximum atomic E-state index is 12.1. The summed E-state index contributed by atoms with van der Waals surface area (Å²) < 4.78 is 5.80. The van der Waals surface area contributed by atoms with Crippen LogP contribution in [0.3, 0.4) is 0 Å². The number of rotatable bonds is 6. The predicted octanol–water partition coefficient (Wildman–Crippen LogP) is 3.76. The first kappa shape index (κ1) is 16.8. The molecule has 5 heteroatoms. The molecule has 0 radical (unpaired) electrons. The number of nitrogens with one attached hydrogen (secondary N) is 1. The minimum Gasteiger partial charge on any atom is -0.489 e. The second-order valence-corrected chi connectivity index (χ2v) is 6.32. The van der Waals surface area contributed by atoms with Gasteiger partial charge in [0.1, 0.15) is 24.1 Å². The van der Waals surface area contributed by atoms with Crippen molar-refractivity contribution in [2.45, 2.75) is 12.5 Å². The Balaban J connectivity index is 1.55. The van der Waals surface area contributed by atoms with Crippen molar-refractivity contribution in [3.05, 3.63) is 95.8 Å². The van der Waals surface area contributed by atoms with Crippen LogP contribution in [0.5, 0.6) is 5.75 Å². The van der Waals surface area contributed by atoms with Crippen molar-refractivity contribution >= 4 is 16.9 Å². The van der Waals surface area contributed by atoms with Crippen LogP contribution in [0.4, 0.5) is 0 Å². The molecule has 4 rings (SSSR count). The quantitative estimate of drug-likeness (QED) is 0.551. The minimum atomic E-state index is -0.638. The van der Waals surface area contributed by atoms with E-state index in [9.17, 15) is 4.79 Å². The molecule has 0 unspecified atom stereocenters. The number of hydrogen-bond donors (Lipinski definition) is 2. The SMILES string of the molecule is NC(=O)[C@@H](c1ccc(OCc2ccccc2)cc1)c1nc2ccccc2[nH]1. The second-order valence-electron chi connectivity index (χ2n) is 6.32. The van der Waals surface area contributed by atoms with E-state index in [4.69, 9.17) is 10.5 Å². The monoisotopic (exact) mass is 357 g/mol. The lowest BCUT2D eigenvalue weighted by Crippen LogP contribution is -2.23. The van der Waals surface area contributed by atoms with Crippen LogP contribution in [-0.2, 0) is 11.4 Å². The molecule has 0 aliphatic rings. The Kier molecular flexibility index (Phi) is 4.58. The zero-order valence-electron chi connectivity index (χ0n) is 14.6. The van der Waals surface area contributed by atoms with Gasteiger partial charge in [-0.05, 0) is 35.4 Å². The summed E-state index contributed by atoms with van der Waals surface area (Å²) in [5, 5.41) is 0. The van der Waals surface area contributed by atoms with E-state index in [1.807, 2.05) is 78.9 Å². The van der Waals surface area contributed by atoms with Crippen molar-refractivity contribution in [3.63, 3.8) is 0 Å². The minimum absolute atomic E-state index is 0.452. The normalized spacial score (nSPS) is 12.0. The topological polar surface area (TPSA) is 81.0 Å². The van der Waals surface area contributed by atoms with E-state index in [1.54, 1.807) is 0 Å². The number of para-hydroxylation sites is 2. The van der Waals surface area contributed by atoms with Gasteiger partial charge < -0.3 is 15.5 Å². The molecule has 0 saturated carbocycles. The summed E-state index contributed by atoms with van der Waals surface area (Å²) in [5.41, 5.74) is 9.22. The van der Waals surface area contributed by atoms with Crippen LogP contribution >= 0.6 is 0 Å². The lowest BCUT2D eigenvalue weighted by Gasteiger charge is -2.12. The molecule has 1 aromatic heterocycles. The number of aromatic nitrogens is 2. The van der Waals surface area contributed by atoms with Crippen LogP contribution < -0.4 is 10.5 Å². The van der Waals surface area contributed by atoms with E-state index in [-0.39, 0.29) is 0 Å². The molecule has 0 aliphatic heterocycles. The van der Waals surface area contributed by atoms with E-state index in [2.05, 4.69) is 9.97 Å². The highest BCUT2D eigenvalue weighted by Crippen LogP contribution is 2.26. The van der Waals surface area contributed by atoms with Crippen molar-refractivity contribution in [3.8, 4) is 5.75 Å². The Hall–Kier alpha value is -3.60. The summed E-state index contributed by atoms with van der Waals surface area (Å²) >= 11 is 0. The number of nitrogens with zero attached hydrogens (tertiary/aromatic N) is 1. The third-order valence-corrected chi connectivity index (χ3v) is 4.43. The fourth-order valence-corrected chi connectivity index (χ4v) is 3.06. The number of carbonyl (C=O) groups excluding carboxylic acids is 1. The van der Waals surface area contributed by atoms with Gasteiger partial charge >= 0.3 is 0 Å². The number of hydrogen-bond acceptors (Lipinski definition) is 3. The summed E-state index contributed by atoms with van der Waals surface area (Å²) in [5.74, 6) is 0.185. The molecule has 1 heterocycles. The number of primary amides is 1. The molecule has 0 bridgehead atoms. The summed E-state index contributed by atoms with van der Waals surface area (Å²) in [4.78, 5) is 19.8. The van der Waals surface area contributed by atoms with Crippen molar-refractivity contribution in [2.75, 3.05) is 0 Å². The molecule has 3 aromatic carbocycles. The number of nitrogens with two attached hydrogens (primary N) is 1. The van der Waals surface area contributed by atoms with Crippen molar-refractivity contribution in [2.24, 2.45) is 5.73 Å². The largest absolute Gasteiger partial charge is 0.489 e. The average molecular weight is 357 g/mol. The number of carbonyl (C=O) groups is 1. The Labute approximate surface area is 156 Å². The maximum absolute atomic E-state index is 12.1. The van der Waals surface area contributed by atoms with Gasteiger partial charge in [0.15, 0.2) is 0 Å². The zero-order valence-corrected chi connectivity index (χ0v) is 14.6. The molecule has 0 aliphatic carbocycles. The molecule has 5 nitrogen and oxygen atoms in total. The Bertz CT molecular complexity index is 1020. The van der Waals surface area contributed by atoms with Gasteiger partial charge in [0.2, 0.25) is 5.91 Å². The van der Waals surface area contributed by atoms with E-state index in [0.717, 1.165) is 27.9 Å². The van der Waals surface area contributed by atoms with Crippen molar-refractivity contribution in [1.29, 1.82) is 0 Å². The smallest absolute Gasteiger partial charge is 0.232 e. The van der Waals surface area contributed by atoms with E-state index < -0.39 is 11.8 Å². The number of fused-ring (bicyclic) bond motifs is 1. The van der Waals surface area contributed by atoms with Crippen LogP contribution in [0, 0.1) is 0 Å². The van der Waals surface area contributed by atoms with E-state index in [1.165, 1.54) is 0 Å². The van der Waals surface area contributed by atoms with Gasteiger partial charge in [-0.2, -0.15) is 0 Å². The van der Waals surface area contributed by atoms with Gasteiger partial charge in [-0.15, -0.1) is 0 Å². The fourth-order valence-electron chi connectivity index (χ4n) is 3.06. The highest BCUT2D eigenvalue weighted by Gasteiger charge is 2.23. The molecule has 3 N–H and O–H groups in total. The van der Waals surface area contributed by atoms with Crippen LogP contribution in [0.2, 0.25) is 0 Å². The first-order valence-electron chi connectivity index (χ1n) is 8.71. The lowest BCUT2D eigenvalue weighted by atomic mass is 9.97. The number of amides is 1. The molecule has 1 amide bonds. The molecule has 0 saturated heterocycles. The molecular weight excluding hydrogens is 338 g/mol. The van der Waals surface area contributed by atoms with Gasteiger partial charge in [0.25, 0.3) is 0 Å². The van der Waals surface area contributed by atoms with Crippen molar-refractivity contribution < 1.29 is 9.53 Å². The molecule has 0 spiro atoms. The van der Waals surface area contributed by atoms with Crippen LogP contribution in [0.1, 0.15) is 22.9 Å². The standard InChI is InChI=1S/C22H19N3O2/c23-21(26)20(22-24-18-8-4-5-9-19(18)25-22)16-10-12-17(13-11-16)27-14-15-6-2-1-3-7-15/h1-13,20H,14H2,(H2,23,26)(H,24,25)/t20-/m1/s1. The van der Waals surface area contributed by atoms with Crippen molar-refractivity contribution in [1.82, 2.24) is 9.97 Å². The number of imidazole rings is 1. The molecule has 27 heavy (non-hydrogen) atoms. The zero-order chi connectivity index (χ0) is 18.6. The van der Waals surface area contributed by atoms with E-state index in [0.29, 0.717) is 12.4 Å². The third-order valence-electron chi connectivity index (χ3n) is 4.43. The Morgan fingerprint density at radius 2 is 1.67 bits per heavy atom. The highest BCUT2D eigenvalue weighted by atomic mass is 16.5. The van der Waals surface area contributed by atoms with Gasteiger partial charge in [-0.3, -0.25) is 4.79 Å². The van der Waals surface area contributed by atoms with Crippen LogP contribution in [0.25, 0.3) is 11.0 Å². The molecule has 134 valence electrons. The van der Waals surface area contributed by atoms with Crippen LogP contribution in [-0.4, -0.2) is 15.9 Å². The van der Waals surface area contributed by atoms with Gasteiger partial charge in [-0.25, -0.2) is 4.98 Å². The summed E-state index contributed by atoms with van der Waals surface area (Å²) in [7, 11) is 0. The van der Waals surface area contributed by atoms with Crippen LogP contribution in [0.15, 0.2) is 78.9 Å². The lowest BCUT2D eigenvalue weighted by molar-refractivity contribution is -0.118. The third kappa shape index (κ3) is 3.67. The first-order valence-corrected chi connectivity index (χ1v) is 8.71. The average Bonchev–Trinajstić information content (AvgIpc) is 3.11. The Morgan fingerprint density at radius 3 is 2.37 bits per heavy atom. The second kappa shape index (κ2) is 7.33. The fraction of sp³-hybridized carbons (Fsp3) is 0.0909. The first-order chi connectivity index (χ1) is 13.2. The predicted molar refractivity (Wildman–Crippen MR) is 104 cm³/mol. The molecule has 0 fully saturated rings. The summed E-state index contributed by atoms with van der Waals surface area (Å²) in [6.45, 7) is 0.489. The number of ether oxygens (including phenoxy) is 1. The molecular formula is C22H19N3O2. The number of benzene rings is 3. The van der Waals surface area contributed by atoms with E-state index >= 15 is 0 Å². The summed E-state index contributed by atoms with van der Waals surface area (Å²) in [6, 6.07) is 25.0. The molecule has 1 atom stereocenters.